The van der Waals surface area contributed by atoms with Crippen LogP contribution in [0.25, 0.3) is 0 Å². The average Bonchev–Trinajstić information content (AvgIpc) is 2.93. The van der Waals surface area contributed by atoms with E-state index in [4.69, 9.17) is 9.84 Å². The highest BCUT2D eigenvalue weighted by molar-refractivity contribution is 7.89. The van der Waals surface area contributed by atoms with Crippen LogP contribution < -0.4 is 10.1 Å². The summed E-state index contributed by atoms with van der Waals surface area (Å²) >= 11 is 0. The van der Waals surface area contributed by atoms with Gasteiger partial charge in [0.15, 0.2) is 21.5 Å². The second-order valence-electron chi connectivity index (χ2n) is 5.13. The number of aromatic nitrogens is 4. The molecule has 24 heavy (non-hydrogen) atoms. The fourth-order valence-electron chi connectivity index (χ4n) is 2.01. The van der Waals surface area contributed by atoms with Crippen LogP contribution in [0.4, 0.5) is 4.79 Å². The van der Waals surface area contributed by atoms with E-state index < -0.39 is 27.8 Å². The van der Waals surface area contributed by atoms with E-state index in [1.165, 1.54) is 0 Å². The quantitative estimate of drug-likeness (QED) is 0.720. The Morgan fingerprint density at radius 1 is 1.38 bits per heavy atom. The molecule has 0 bridgehead atoms. The lowest BCUT2D eigenvalue weighted by atomic mass is 10.1. The smallest absolute Gasteiger partial charge is 0.405 e. The first-order valence-electron chi connectivity index (χ1n) is 6.84. The summed E-state index contributed by atoms with van der Waals surface area (Å²) in [5.41, 5.74) is 0.828. The Bertz CT molecular complexity index is 802. The van der Waals surface area contributed by atoms with Gasteiger partial charge in [-0.05, 0) is 22.9 Å². The molecule has 1 heterocycles. The Morgan fingerprint density at radius 2 is 2.04 bits per heavy atom. The maximum absolute atomic E-state index is 11.3. The number of carboxylic acid groups (broad SMARTS) is 1. The molecule has 0 fully saturated rings. The molecule has 2 rings (SSSR count). The summed E-state index contributed by atoms with van der Waals surface area (Å²) in [4.78, 5) is 11.9. The molecule has 2 aromatic rings. The van der Waals surface area contributed by atoms with Crippen LogP contribution in [0.2, 0.25) is 0 Å². The predicted molar refractivity (Wildman–Crippen MR) is 83.3 cm³/mol. The van der Waals surface area contributed by atoms with Crippen LogP contribution in [0.1, 0.15) is 17.4 Å². The van der Waals surface area contributed by atoms with Crippen LogP contribution >= 0.6 is 0 Å². The number of amides is 1. The Hall–Kier alpha value is -2.69. The van der Waals surface area contributed by atoms with Gasteiger partial charge in [0.25, 0.3) is 0 Å². The maximum Gasteiger partial charge on any atom is 0.405 e. The summed E-state index contributed by atoms with van der Waals surface area (Å²) in [5.74, 6) is 0.345. The number of hydrogen-bond donors (Lipinski definition) is 2. The van der Waals surface area contributed by atoms with Gasteiger partial charge in [-0.15, -0.1) is 15.0 Å². The molecule has 0 aliphatic carbocycles. The van der Waals surface area contributed by atoms with Crippen molar-refractivity contribution < 1.29 is 23.1 Å². The van der Waals surface area contributed by atoms with Gasteiger partial charge in [0.05, 0.1) is 7.11 Å². The highest BCUT2D eigenvalue weighted by Crippen LogP contribution is 2.18. The minimum Gasteiger partial charge on any atom is -0.497 e. The summed E-state index contributed by atoms with van der Waals surface area (Å²) in [7, 11) is -1.78. The monoisotopic (exact) mass is 355 g/mol. The zero-order valence-corrected chi connectivity index (χ0v) is 13.9. The lowest BCUT2D eigenvalue weighted by Crippen LogP contribution is -2.29. The molecule has 130 valence electrons. The molecule has 1 aromatic carbocycles. The van der Waals surface area contributed by atoms with Crippen LogP contribution in [0, 0.1) is 0 Å². The van der Waals surface area contributed by atoms with Crippen molar-refractivity contribution in [3.8, 4) is 5.75 Å². The van der Waals surface area contributed by atoms with Crippen molar-refractivity contribution in [3.63, 3.8) is 0 Å². The van der Waals surface area contributed by atoms with E-state index in [9.17, 15) is 13.2 Å². The molecule has 0 aliphatic rings. The number of ether oxygens (including phenoxy) is 1. The predicted octanol–water partition coefficient (Wildman–Crippen LogP) is 0.235. The third-order valence-corrected chi connectivity index (χ3v) is 3.73. The van der Waals surface area contributed by atoms with Crippen LogP contribution in [0.15, 0.2) is 24.3 Å². The Morgan fingerprint density at radius 3 is 2.58 bits per heavy atom. The van der Waals surface area contributed by atoms with Crippen molar-refractivity contribution in [1.82, 2.24) is 25.5 Å². The zero-order valence-electron chi connectivity index (χ0n) is 13.1. The molecule has 0 aliphatic heterocycles. The van der Waals surface area contributed by atoms with Gasteiger partial charge in [0.2, 0.25) is 0 Å². The van der Waals surface area contributed by atoms with E-state index in [1.807, 2.05) is 0 Å². The molecule has 0 radical (unpaired) electrons. The minimum atomic E-state index is -3.33. The van der Waals surface area contributed by atoms with Gasteiger partial charge >= 0.3 is 6.09 Å². The van der Waals surface area contributed by atoms with Crippen LogP contribution in [0.3, 0.4) is 0 Å². The second-order valence-corrected chi connectivity index (χ2v) is 7.24. The van der Waals surface area contributed by atoms with Gasteiger partial charge in [-0.3, -0.25) is 0 Å². The van der Waals surface area contributed by atoms with E-state index in [-0.39, 0.29) is 12.2 Å². The van der Waals surface area contributed by atoms with Crippen molar-refractivity contribution in [3.05, 3.63) is 35.7 Å². The molecular formula is C13H17N5O5S. The largest absolute Gasteiger partial charge is 0.497 e. The van der Waals surface area contributed by atoms with Gasteiger partial charge < -0.3 is 15.2 Å². The maximum atomic E-state index is 11.3. The zero-order chi connectivity index (χ0) is 17.7. The number of benzene rings is 1. The van der Waals surface area contributed by atoms with Gasteiger partial charge in [-0.2, -0.15) is 0 Å². The third-order valence-electron chi connectivity index (χ3n) is 3.03. The lowest BCUT2D eigenvalue weighted by Gasteiger charge is -2.13. The molecule has 1 unspecified atom stereocenters. The molecular weight excluding hydrogens is 338 g/mol. The number of hydrogen-bond acceptors (Lipinski definition) is 7. The van der Waals surface area contributed by atoms with E-state index in [1.54, 1.807) is 31.4 Å². The Labute approximate surface area is 138 Å². The molecule has 2 N–H and O–H groups in total. The number of nitrogens with zero attached hydrogens (tertiary/aromatic N) is 4. The standard InChI is InChI=1S/C13H17N5O5S/c1-23-10-5-3-9(4-6-10)7-11(14-13(19)20)12-15-17-18(16-12)8-24(2,21)22/h3-6,11,14H,7-8H2,1-2H3,(H,19,20). The molecule has 0 saturated carbocycles. The summed E-state index contributed by atoms with van der Waals surface area (Å²) in [6.07, 6.45) is 0.0781. The number of methoxy groups -OCH3 is 1. The van der Waals surface area contributed by atoms with Crippen LogP contribution in [0.5, 0.6) is 5.75 Å². The van der Waals surface area contributed by atoms with E-state index in [0.29, 0.717) is 5.75 Å². The number of sulfone groups is 1. The van der Waals surface area contributed by atoms with E-state index in [0.717, 1.165) is 16.6 Å². The third kappa shape index (κ3) is 5.19. The normalized spacial score (nSPS) is 12.6. The van der Waals surface area contributed by atoms with Crippen molar-refractivity contribution in [1.29, 1.82) is 0 Å². The lowest BCUT2D eigenvalue weighted by molar-refractivity contribution is 0.189. The van der Waals surface area contributed by atoms with Gasteiger partial charge in [-0.25, -0.2) is 13.2 Å². The minimum absolute atomic E-state index is 0.0943. The van der Waals surface area contributed by atoms with E-state index in [2.05, 4.69) is 20.7 Å². The summed E-state index contributed by atoms with van der Waals surface area (Å²) < 4.78 is 27.6. The molecule has 1 atom stereocenters. The number of carbonyl (C=O) groups is 1. The highest BCUT2D eigenvalue weighted by atomic mass is 32.2. The number of rotatable bonds is 7. The average molecular weight is 355 g/mol. The Balaban J connectivity index is 2.19. The molecule has 1 aromatic heterocycles. The van der Waals surface area contributed by atoms with Crippen LogP contribution in [-0.4, -0.2) is 53.2 Å². The van der Waals surface area contributed by atoms with Crippen molar-refractivity contribution in [2.45, 2.75) is 18.3 Å². The summed E-state index contributed by atoms with van der Waals surface area (Å²) in [5, 5.41) is 22.6. The van der Waals surface area contributed by atoms with Gasteiger partial charge in [0, 0.05) is 12.7 Å². The molecule has 0 spiro atoms. The summed E-state index contributed by atoms with van der Waals surface area (Å²) in [6.45, 7) is 0. The number of tetrazole rings is 1. The van der Waals surface area contributed by atoms with E-state index >= 15 is 0 Å². The fraction of sp³-hybridized carbons (Fsp3) is 0.385. The fourth-order valence-corrected chi connectivity index (χ4v) is 2.54. The number of nitrogens with one attached hydrogen (secondary N) is 1. The van der Waals surface area contributed by atoms with Gasteiger partial charge in [0.1, 0.15) is 11.8 Å². The van der Waals surface area contributed by atoms with Crippen LogP contribution in [-0.2, 0) is 22.1 Å². The second kappa shape index (κ2) is 7.25. The molecule has 11 heteroatoms. The molecule has 1 amide bonds. The first-order chi connectivity index (χ1) is 11.3. The molecule has 0 saturated heterocycles. The highest BCUT2D eigenvalue weighted by Gasteiger charge is 2.21. The first-order valence-corrected chi connectivity index (χ1v) is 8.90. The summed E-state index contributed by atoms with van der Waals surface area (Å²) in [6, 6.07) is 6.32. The van der Waals surface area contributed by atoms with Gasteiger partial charge in [-0.1, -0.05) is 12.1 Å². The topological polar surface area (TPSA) is 136 Å². The first kappa shape index (κ1) is 17.7. The SMILES string of the molecule is COc1ccc(CC(NC(=O)O)c2nnn(CS(C)(=O)=O)n2)cc1. The molecule has 10 nitrogen and oxygen atoms in total. The Kier molecular flexibility index (Phi) is 5.34. The van der Waals surface area contributed by atoms with Crippen molar-refractivity contribution in [2.75, 3.05) is 13.4 Å². The van der Waals surface area contributed by atoms with Crippen molar-refractivity contribution >= 4 is 15.9 Å². The van der Waals surface area contributed by atoms with Crippen molar-refractivity contribution in [2.24, 2.45) is 0 Å².